The normalized spacial score (nSPS) is 11.4. The van der Waals surface area contributed by atoms with E-state index >= 15 is 0 Å². The summed E-state index contributed by atoms with van der Waals surface area (Å²) in [5, 5.41) is 5.70. The molecule has 4 N–H and O–H groups in total. The van der Waals surface area contributed by atoms with Crippen LogP contribution in [-0.4, -0.2) is 23.9 Å². The first-order valence-electron chi connectivity index (χ1n) is 8.10. The Hall–Kier alpha value is -1.59. The minimum atomic E-state index is -0.527. The number of rotatable bonds is 6. The van der Waals surface area contributed by atoms with Crippen molar-refractivity contribution >= 4 is 29.9 Å². The molecular formula is C18H30ClN3O2. The van der Waals surface area contributed by atoms with Crippen LogP contribution in [0.1, 0.15) is 57.8 Å². The van der Waals surface area contributed by atoms with Gasteiger partial charge in [-0.3, -0.25) is 9.59 Å². The highest BCUT2D eigenvalue weighted by atomic mass is 35.5. The zero-order valence-electron chi connectivity index (χ0n) is 15.2. The minimum Gasteiger partial charge on any atom is -0.350 e. The van der Waals surface area contributed by atoms with E-state index in [0.29, 0.717) is 17.8 Å². The van der Waals surface area contributed by atoms with Crippen LogP contribution in [0.2, 0.25) is 0 Å². The molecule has 0 unspecified atom stereocenters. The highest BCUT2D eigenvalue weighted by Gasteiger charge is 2.24. The summed E-state index contributed by atoms with van der Waals surface area (Å²) >= 11 is 0. The zero-order chi connectivity index (χ0) is 17.7. The average molecular weight is 356 g/mol. The van der Waals surface area contributed by atoms with Crippen LogP contribution in [0.5, 0.6) is 0 Å². The summed E-state index contributed by atoms with van der Waals surface area (Å²) in [6.45, 7) is 9.91. The molecule has 1 rings (SSSR count). The number of hydrogen-bond donors (Lipinski definition) is 3. The molecule has 6 heteroatoms. The van der Waals surface area contributed by atoms with Crippen LogP contribution >= 0.6 is 12.4 Å². The number of carbonyl (C=O) groups is 2. The van der Waals surface area contributed by atoms with Crippen molar-refractivity contribution < 1.29 is 9.59 Å². The Kier molecular flexibility index (Phi) is 8.44. The molecule has 5 nitrogen and oxygen atoms in total. The highest BCUT2D eigenvalue weighted by molar-refractivity contribution is 6.04. The summed E-state index contributed by atoms with van der Waals surface area (Å²) in [5.74, 6) is -0.362. The van der Waals surface area contributed by atoms with Crippen molar-refractivity contribution in [1.29, 1.82) is 0 Å². The molecule has 1 aromatic carbocycles. The van der Waals surface area contributed by atoms with E-state index in [4.69, 9.17) is 5.73 Å². The number of anilines is 1. The Morgan fingerprint density at radius 1 is 1.08 bits per heavy atom. The summed E-state index contributed by atoms with van der Waals surface area (Å²) in [4.78, 5) is 24.6. The van der Waals surface area contributed by atoms with Gasteiger partial charge in [0.2, 0.25) is 5.91 Å². The maximum atomic E-state index is 12.5. The van der Waals surface area contributed by atoms with Crippen molar-refractivity contribution in [1.82, 2.24) is 5.32 Å². The fraction of sp³-hybridized carbons (Fsp3) is 0.556. The molecule has 24 heavy (non-hydrogen) atoms. The number of nitrogens with two attached hydrogens (primary N) is 1. The van der Waals surface area contributed by atoms with Gasteiger partial charge >= 0.3 is 0 Å². The lowest BCUT2D eigenvalue weighted by Gasteiger charge is -2.27. The molecule has 0 aliphatic heterocycles. The first-order chi connectivity index (χ1) is 10.6. The average Bonchev–Trinajstić information content (AvgIpc) is 2.52. The number of amides is 2. The summed E-state index contributed by atoms with van der Waals surface area (Å²) in [7, 11) is 0. The first kappa shape index (κ1) is 22.4. The molecule has 0 spiro atoms. The van der Waals surface area contributed by atoms with Gasteiger partial charge in [-0.25, -0.2) is 0 Å². The number of benzene rings is 1. The van der Waals surface area contributed by atoms with Gasteiger partial charge in [-0.1, -0.05) is 46.8 Å². The molecule has 1 aromatic rings. The molecule has 0 bridgehead atoms. The van der Waals surface area contributed by atoms with Crippen LogP contribution in [0.25, 0.3) is 0 Å². The van der Waals surface area contributed by atoms with Crippen molar-refractivity contribution in [3.63, 3.8) is 0 Å². The Bertz CT molecular complexity index is 564. The maximum absolute atomic E-state index is 12.5. The van der Waals surface area contributed by atoms with Crippen molar-refractivity contribution in [2.45, 2.75) is 53.0 Å². The van der Waals surface area contributed by atoms with Crippen molar-refractivity contribution in [3.05, 3.63) is 29.8 Å². The van der Waals surface area contributed by atoms with Crippen LogP contribution in [0, 0.1) is 5.41 Å². The second-order valence-corrected chi connectivity index (χ2v) is 7.00. The number of halogens is 1. The first-order valence-corrected chi connectivity index (χ1v) is 8.10. The number of carbonyl (C=O) groups excluding carboxylic acids is 2. The molecule has 136 valence electrons. The van der Waals surface area contributed by atoms with E-state index in [2.05, 4.69) is 10.6 Å². The van der Waals surface area contributed by atoms with Crippen LogP contribution in [-0.2, 0) is 4.79 Å². The molecule has 0 heterocycles. The molecule has 0 aliphatic carbocycles. The monoisotopic (exact) mass is 355 g/mol. The lowest BCUT2D eigenvalue weighted by Crippen LogP contribution is -2.49. The van der Waals surface area contributed by atoms with Crippen LogP contribution in [0.4, 0.5) is 5.69 Å². The van der Waals surface area contributed by atoms with Gasteiger partial charge in [-0.15, -0.1) is 12.4 Å². The van der Waals surface area contributed by atoms with Gasteiger partial charge in [0.05, 0.1) is 11.3 Å². The molecule has 2 amide bonds. The third-order valence-electron chi connectivity index (χ3n) is 4.11. The quantitative estimate of drug-likeness (QED) is 0.731. The van der Waals surface area contributed by atoms with Gasteiger partial charge in [0.15, 0.2) is 0 Å². The van der Waals surface area contributed by atoms with Gasteiger partial charge in [0, 0.05) is 17.5 Å². The zero-order valence-corrected chi connectivity index (χ0v) is 16.0. The fourth-order valence-electron chi connectivity index (χ4n) is 1.95. The Morgan fingerprint density at radius 3 is 2.12 bits per heavy atom. The van der Waals surface area contributed by atoms with Gasteiger partial charge < -0.3 is 16.4 Å². The highest BCUT2D eigenvalue weighted by Crippen LogP contribution is 2.20. The number of para-hydroxylation sites is 1. The topological polar surface area (TPSA) is 84.2 Å². The van der Waals surface area contributed by atoms with E-state index in [-0.39, 0.29) is 24.2 Å². The van der Waals surface area contributed by atoms with Gasteiger partial charge in [-0.2, -0.15) is 0 Å². The number of nitrogens with one attached hydrogen (secondary N) is 2. The van der Waals surface area contributed by atoms with Crippen molar-refractivity contribution in [3.8, 4) is 0 Å². The number of hydrogen-bond acceptors (Lipinski definition) is 3. The largest absolute Gasteiger partial charge is 0.350 e. The van der Waals surface area contributed by atoms with Crippen molar-refractivity contribution in [2.24, 2.45) is 11.1 Å². The van der Waals surface area contributed by atoms with Crippen LogP contribution in [0.15, 0.2) is 24.3 Å². The second-order valence-electron chi connectivity index (χ2n) is 7.00. The summed E-state index contributed by atoms with van der Waals surface area (Å²) in [5.41, 5.74) is 6.24. The summed E-state index contributed by atoms with van der Waals surface area (Å²) < 4.78 is 0. The SMILES string of the molecule is CCC(N)(CC)CNC(=O)c1ccccc1NC(=O)C(C)(C)C.Cl. The van der Waals surface area contributed by atoms with Crippen LogP contribution in [0.3, 0.4) is 0 Å². The summed E-state index contributed by atoms with van der Waals surface area (Å²) in [6.07, 6.45) is 1.57. The lowest BCUT2D eigenvalue weighted by atomic mass is 9.94. The predicted octanol–water partition coefficient (Wildman–Crippen LogP) is 3.34. The third kappa shape index (κ3) is 6.13. The van der Waals surface area contributed by atoms with Gasteiger partial charge in [0.1, 0.15) is 0 Å². The molecule has 0 radical (unpaired) electrons. The van der Waals surface area contributed by atoms with E-state index in [1.165, 1.54) is 0 Å². The maximum Gasteiger partial charge on any atom is 0.253 e. The fourth-order valence-corrected chi connectivity index (χ4v) is 1.95. The van der Waals surface area contributed by atoms with Crippen molar-refractivity contribution in [2.75, 3.05) is 11.9 Å². The van der Waals surface area contributed by atoms with E-state index in [1.807, 2.05) is 34.6 Å². The molecule has 0 saturated carbocycles. The molecule has 0 atom stereocenters. The molecule has 0 aromatic heterocycles. The Labute approximate surface area is 151 Å². The third-order valence-corrected chi connectivity index (χ3v) is 4.11. The van der Waals surface area contributed by atoms with E-state index < -0.39 is 11.0 Å². The van der Waals surface area contributed by atoms with E-state index in [1.54, 1.807) is 24.3 Å². The summed E-state index contributed by atoms with van der Waals surface area (Å²) in [6, 6.07) is 6.99. The van der Waals surface area contributed by atoms with Crippen LogP contribution < -0.4 is 16.4 Å². The lowest BCUT2D eigenvalue weighted by molar-refractivity contribution is -0.123. The standard InChI is InChI=1S/C18H29N3O2.ClH/c1-6-18(19,7-2)12-20-15(22)13-10-8-9-11-14(13)21-16(23)17(3,4)5;/h8-11H,6-7,12,19H2,1-5H3,(H,20,22)(H,21,23);1H. The van der Waals surface area contributed by atoms with E-state index in [0.717, 1.165) is 12.8 Å². The molecular weight excluding hydrogens is 326 g/mol. The molecule has 0 saturated heterocycles. The molecule has 0 fully saturated rings. The predicted molar refractivity (Wildman–Crippen MR) is 102 cm³/mol. The second kappa shape index (κ2) is 9.04. The smallest absolute Gasteiger partial charge is 0.253 e. The molecule has 0 aliphatic rings. The van der Waals surface area contributed by atoms with Gasteiger partial charge in [0.25, 0.3) is 5.91 Å². The Morgan fingerprint density at radius 2 is 1.62 bits per heavy atom. The van der Waals surface area contributed by atoms with Gasteiger partial charge in [-0.05, 0) is 25.0 Å². The Balaban J connectivity index is 0.00000529. The minimum absolute atomic E-state index is 0. The van der Waals surface area contributed by atoms with E-state index in [9.17, 15) is 9.59 Å².